The first-order valence-electron chi connectivity index (χ1n) is 9.63. The van der Waals surface area contributed by atoms with E-state index in [0.717, 1.165) is 5.56 Å². The molecule has 0 fully saturated rings. The number of benzene rings is 2. The molecular formula is C23H18N2O5S. The van der Waals surface area contributed by atoms with E-state index in [4.69, 9.17) is 13.9 Å². The minimum Gasteiger partial charge on any atom is -0.497 e. The average molecular weight is 434 g/mol. The van der Waals surface area contributed by atoms with E-state index in [1.54, 1.807) is 50.1 Å². The van der Waals surface area contributed by atoms with Crippen LogP contribution in [0.3, 0.4) is 0 Å². The topological polar surface area (TPSA) is 91.5 Å². The van der Waals surface area contributed by atoms with Crippen molar-refractivity contribution in [2.24, 2.45) is 0 Å². The summed E-state index contributed by atoms with van der Waals surface area (Å²) in [4.78, 5) is 27.2. The number of carbonyl (C=O) groups is 1. The van der Waals surface area contributed by atoms with E-state index in [0.29, 0.717) is 38.6 Å². The Balaban J connectivity index is 1.86. The van der Waals surface area contributed by atoms with Gasteiger partial charge in [0.15, 0.2) is 11.2 Å². The van der Waals surface area contributed by atoms with Crippen molar-refractivity contribution >= 4 is 28.1 Å². The zero-order chi connectivity index (χ0) is 21.7. The molecule has 1 aliphatic carbocycles. The molecule has 2 atom stereocenters. The number of fused-ring (bicyclic) bond motifs is 2. The summed E-state index contributed by atoms with van der Waals surface area (Å²) in [5, 5.41) is 9.02. The zero-order valence-electron chi connectivity index (χ0n) is 17.0. The summed E-state index contributed by atoms with van der Waals surface area (Å²) in [6.07, 6.45) is 0. The highest BCUT2D eigenvalue weighted by molar-refractivity contribution is 7.09. The third-order valence-corrected chi connectivity index (χ3v) is 6.42. The van der Waals surface area contributed by atoms with Crippen LogP contribution in [0.1, 0.15) is 44.1 Å². The molecule has 2 unspecified atom stereocenters. The van der Waals surface area contributed by atoms with Crippen molar-refractivity contribution in [3.05, 3.63) is 79.6 Å². The standard InChI is InChI=1S/C23H18N2O5S/c1-11-4-6-16-14(8-11)20(26)18-17(13-9-12(28-2)5-7-15(13)29-3)19(21(27)22(18)30-16)23-25-24-10-31-23/h4-10,17,19H,1-3H3. The van der Waals surface area contributed by atoms with Crippen LogP contribution in [0.15, 0.2) is 51.1 Å². The first-order valence-corrected chi connectivity index (χ1v) is 10.5. The summed E-state index contributed by atoms with van der Waals surface area (Å²) in [5.74, 6) is -0.462. The molecule has 2 aromatic heterocycles. The molecule has 0 saturated heterocycles. The molecule has 0 aliphatic heterocycles. The molecule has 0 radical (unpaired) electrons. The summed E-state index contributed by atoms with van der Waals surface area (Å²) >= 11 is 1.27. The van der Waals surface area contributed by atoms with Gasteiger partial charge in [0.25, 0.3) is 0 Å². The Bertz CT molecular complexity index is 1380. The van der Waals surface area contributed by atoms with E-state index in [-0.39, 0.29) is 17.0 Å². The van der Waals surface area contributed by atoms with Gasteiger partial charge in [-0.15, -0.1) is 21.5 Å². The quantitative estimate of drug-likeness (QED) is 0.478. The third-order valence-electron chi connectivity index (χ3n) is 5.65. The van der Waals surface area contributed by atoms with E-state index in [9.17, 15) is 9.59 Å². The molecule has 2 heterocycles. The molecule has 0 spiro atoms. The van der Waals surface area contributed by atoms with Crippen LogP contribution < -0.4 is 14.9 Å². The molecule has 156 valence electrons. The van der Waals surface area contributed by atoms with E-state index < -0.39 is 11.8 Å². The number of aromatic nitrogens is 2. The lowest BCUT2D eigenvalue weighted by Crippen LogP contribution is -2.17. The maximum absolute atomic E-state index is 13.7. The number of ether oxygens (including phenoxy) is 2. The molecule has 0 amide bonds. The Morgan fingerprint density at radius 3 is 2.58 bits per heavy atom. The van der Waals surface area contributed by atoms with E-state index in [2.05, 4.69) is 10.2 Å². The van der Waals surface area contributed by atoms with Gasteiger partial charge < -0.3 is 13.9 Å². The normalized spacial score (nSPS) is 17.7. The lowest BCUT2D eigenvalue weighted by molar-refractivity contribution is 0.0945. The minimum absolute atomic E-state index is 0.0661. The lowest BCUT2D eigenvalue weighted by Gasteiger charge is -2.20. The number of carbonyl (C=O) groups excluding carboxylic acids is 1. The number of rotatable bonds is 4. The van der Waals surface area contributed by atoms with Gasteiger partial charge in [0, 0.05) is 11.5 Å². The van der Waals surface area contributed by atoms with E-state index >= 15 is 0 Å². The average Bonchev–Trinajstić information content (AvgIpc) is 3.40. The molecule has 5 rings (SSSR count). The van der Waals surface area contributed by atoms with Crippen LogP contribution in [0.4, 0.5) is 0 Å². The predicted octanol–water partition coefficient (Wildman–Crippen LogP) is 4.08. The highest BCUT2D eigenvalue weighted by Crippen LogP contribution is 2.50. The van der Waals surface area contributed by atoms with Crippen LogP contribution in [0.25, 0.3) is 11.0 Å². The van der Waals surface area contributed by atoms with Gasteiger partial charge in [-0.25, -0.2) is 0 Å². The number of methoxy groups -OCH3 is 2. The van der Waals surface area contributed by atoms with Crippen LogP contribution in [0.2, 0.25) is 0 Å². The van der Waals surface area contributed by atoms with Crippen LogP contribution in [0.5, 0.6) is 11.5 Å². The highest BCUT2D eigenvalue weighted by atomic mass is 32.1. The van der Waals surface area contributed by atoms with Gasteiger partial charge in [-0.05, 0) is 37.3 Å². The number of nitrogens with zero attached hydrogens (tertiary/aromatic N) is 2. The molecule has 0 N–H and O–H groups in total. The van der Waals surface area contributed by atoms with Gasteiger partial charge in [-0.2, -0.15) is 0 Å². The summed E-state index contributed by atoms with van der Waals surface area (Å²) in [6, 6.07) is 10.7. The highest BCUT2D eigenvalue weighted by Gasteiger charge is 2.48. The van der Waals surface area contributed by atoms with Crippen LogP contribution >= 0.6 is 11.3 Å². The molecule has 0 saturated carbocycles. The van der Waals surface area contributed by atoms with E-state index in [1.807, 2.05) is 13.0 Å². The number of ketones is 1. The number of hydrogen-bond acceptors (Lipinski definition) is 8. The summed E-state index contributed by atoms with van der Waals surface area (Å²) in [6.45, 7) is 1.91. The molecule has 4 aromatic rings. The fourth-order valence-corrected chi connectivity index (χ4v) is 4.92. The van der Waals surface area contributed by atoms with Gasteiger partial charge >= 0.3 is 0 Å². The first kappa shape index (κ1) is 19.4. The molecule has 7 nitrogen and oxygen atoms in total. The maximum atomic E-state index is 13.7. The Labute approximate surface area is 181 Å². The molecule has 0 bridgehead atoms. The lowest BCUT2D eigenvalue weighted by atomic mass is 9.84. The van der Waals surface area contributed by atoms with Gasteiger partial charge in [0.2, 0.25) is 5.78 Å². The zero-order valence-corrected chi connectivity index (χ0v) is 17.9. The fraction of sp³-hybridized carbons (Fsp3) is 0.217. The number of aryl methyl sites for hydroxylation is 1. The largest absolute Gasteiger partial charge is 0.497 e. The second kappa shape index (κ2) is 7.31. The SMILES string of the molecule is COc1ccc(OC)c(C2c3c(oc4ccc(C)cc4c3=O)C(=O)C2c2nncs2)c1. The Morgan fingerprint density at radius 2 is 1.87 bits per heavy atom. The molecule has 31 heavy (non-hydrogen) atoms. The van der Waals surface area contributed by atoms with Crippen molar-refractivity contribution in [1.82, 2.24) is 10.2 Å². The van der Waals surface area contributed by atoms with Crippen LogP contribution in [-0.4, -0.2) is 30.2 Å². The second-order valence-corrected chi connectivity index (χ2v) is 8.24. The number of hydrogen-bond donors (Lipinski definition) is 0. The smallest absolute Gasteiger partial charge is 0.209 e. The van der Waals surface area contributed by atoms with Gasteiger partial charge in [-0.1, -0.05) is 11.6 Å². The first-order chi connectivity index (χ1) is 15.0. The van der Waals surface area contributed by atoms with Crippen molar-refractivity contribution in [3.63, 3.8) is 0 Å². The summed E-state index contributed by atoms with van der Waals surface area (Å²) < 4.78 is 17.0. The van der Waals surface area contributed by atoms with Gasteiger partial charge in [0.1, 0.15) is 27.6 Å². The Hall–Kier alpha value is -3.52. The fourth-order valence-electron chi connectivity index (χ4n) is 4.24. The van der Waals surface area contributed by atoms with Crippen molar-refractivity contribution in [1.29, 1.82) is 0 Å². The molecular weight excluding hydrogens is 416 g/mol. The molecule has 1 aliphatic rings. The van der Waals surface area contributed by atoms with Crippen molar-refractivity contribution in [3.8, 4) is 11.5 Å². The molecule has 2 aromatic carbocycles. The third kappa shape index (κ3) is 2.94. The maximum Gasteiger partial charge on any atom is 0.209 e. The molecule has 8 heteroatoms. The monoisotopic (exact) mass is 434 g/mol. The van der Waals surface area contributed by atoms with Crippen molar-refractivity contribution < 1.29 is 18.7 Å². The van der Waals surface area contributed by atoms with Crippen molar-refractivity contribution in [2.75, 3.05) is 14.2 Å². The predicted molar refractivity (Wildman–Crippen MR) is 116 cm³/mol. The summed E-state index contributed by atoms with van der Waals surface area (Å²) in [5.41, 5.74) is 3.64. The number of Topliss-reactive ketones (excluding diaryl/α,β-unsaturated/α-hetero) is 1. The van der Waals surface area contributed by atoms with E-state index in [1.165, 1.54) is 11.3 Å². The Kier molecular flexibility index (Phi) is 4.59. The second-order valence-electron chi connectivity index (χ2n) is 7.38. The summed E-state index contributed by atoms with van der Waals surface area (Å²) in [7, 11) is 3.11. The minimum atomic E-state index is -0.738. The van der Waals surface area contributed by atoms with Gasteiger partial charge in [-0.3, -0.25) is 9.59 Å². The van der Waals surface area contributed by atoms with Crippen molar-refractivity contribution in [2.45, 2.75) is 18.8 Å². The van der Waals surface area contributed by atoms with Gasteiger partial charge in [0.05, 0.1) is 31.1 Å². The van der Waals surface area contributed by atoms with Crippen LogP contribution in [-0.2, 0) is 0 Å². The van der Waals surface area contributed by atoms with Crippen LogP contribution in [0, 0.1) is 6.92 Å². The Morgan fingerprint density at radius 1 is 1.03 bits per heavy atom.